The average Bonchev–Trinajstić information content (AvgIpc) is 2.92. The van der Waals surface area contributed by atoms with E-state index >= 15 is 0 Å². The van der Waals surface area contributed by atoms with Crippen LogP contribution in [0.5, 0.6) is 0 Å². The number of amides is 1. The van der Waals surface area contributed by atoms with E-state index in [2.05, 4.69) is 5.32 Å². The third-order valence-electron chi connectivity index (χ3n) is 3.14. The summed E-state index contributed by atoms with van der Waals surface area (Å²) < 4.78 is 10.1. The summed E-state index contributed by atoms with van der Waals surface area (Å²) in [6.45, 7) is 3.43. The zero-order valence-electron chi connectivity index (χ0n) is 12.3. The smallest absolute Gasteiger partial charge is 0.342 e. The molecule has 0 bridgehead atoms. The molecular weight excluding hydrogens is 306 g/mol. The number of rotatable bonds is 5. The summed E-state index contributed by atoms with van der Waals surface area (Å²) >= 11 is 6.01. The van der Waals surface area contributed by atoms with Crippen LogP contribution in [-0.4, -0.2) is 18.0 Å². The number of halogens is 1. The maximum absolute atomic E-state index is 12.0. The normalized spacial score (nSPS) is 11.8. The van der Waals surface area contributed by atoms with Crippen LogP contribution < -0.4 is 5.32 Å². The van der Waals surface area contributed by atoms with Crippen molar-refractivity contribution in [1.82, 2.24) is 5.32 Å². The van der Waals surface area contributed by atoms with E-state index < -0.39 is 18.0 Å². The average molecular weight is 322 g/mol. The van der Waals surface area contributed by atoms with E-state index in [1.807, 2.05) is 18.2 Å². The van der Waals surface area contributed by atoms with Crippen molar-refractivity contribution in [2.75, 3.05) is 0 Å². The number of hydrogen-bond donors (Lipinski definition) is 1. The highest BCUT2D eigenvalue weighted by Gasteiger charge is 2.21. The Morgan fingerprint density at radius 3 is 2.68 bits per heavy atom. The number of furan rings is 1. The van der Waals surface area contributed by atoms with E-state index in [1.54, 1.807) is 13.0 Å². The molecule has 1 heterocycles. The zero-order chi connectivity index (χ0) is 16.1. The van der Waals surface area contributed by atoms with E-state index in [4.69, 9.17) is 20.8 Å². The highest BCUT2D eigenvalue weighted by Crippen LogP contribution is 2.15. The van der Waals surface area contributed by atoms with Crippen molar-refractivity contribution in [2.24, 2.45) is 0 Å². The first-order chi connectivity index (χ1) is 10.5. The van der Waals surface area contributed by atoms with E-state index in [1.165, 1.54) is 19.3 Å². The van der Waals surface area contributed by atoms with E-state index in [9.17, 15) is 9.59 Å². The molecule has 0 spiro atoms. The quantitative estimate of drug-likeness (QED) is 0.859. The van der Waals surface area contributed by atoms with Crippen molar-refractivity contribution in [2.45, 2.75) is 26.5 Å². The van der Waals surface area contributed by atoms with Gasteiger partial charge in [0.05, 0.1) is 6.26 Å². The minimum absolute atomic E-state index is 0.269. The number of ether oxygens (including phenoxy) is 1. The lowest BCUT2D eigenvalue weighted by Crippen LogP contribution is -2.35. The molecule has 22 heavy (non-hydrogen) atoms. The molecule has 0 unspecified atom stereocenters. The molecule has 1 amide bonds. The van der Waals surface area contributed by atoms with Crippen LogP contribution in [0.4, 0.5) is 0 Å². The van der Waals surface area contributed by atoms with Gasteiger partial charge in [-0.25, -0.2) is 4.79 Å². The maximum Gasteiger partial charge on any atom is 0.342 e. The minimum atomic E-state index is -0.913. The van der Waals surface area contributed by atoms with Gasteiger partial charge < -0.3 is 14.5 Å². The lowest BCUT2D eigenvalue weighted by Gasteiger charge is -2.13. The fourth-order valence-electron chi connectivity index (χ4n) is 1.84. The van der Waals surface area contributed by atoms with Gasteiger partial charge in [-0.3, -0.25) is 4.79 Å². The summed E-state index contributed by atoms with van der Waals surface area (Å²) in [7, 11) is 0. The molecule has 1 atom stereocenters. The Balaban J connectivity index is 1.89. The Kier molecular flexibility index (Phi) is 5.22. The number of aryl methyl sites for hydroxylation is 1. The Bertz CT molecular complexity index is 680. The van der Waals surface area contributed by atoms with Crippen molar-refractivity contribution in [1.29, 1.82) is 0 Å². The van der Waals surface area contributed by atoms with Gasteiger partial charge in [0.25, 0.3) is 5.91 Å². The van der Waals surface area contributed by atoms with Crippen LogP contribution in [-0.2, 0) is 16.1 Å². The molecule has 5 nitrogen and oxygen atoms in total. The van der Waals surface area contributed by atoms with Gasteiger partial charge >= 0.3 is 5.97 Å². The molecule has 0 saturated carbocycles. The summed E-state index contributed by atoms with van der Waals surface area (Å²) in [6, 6.07) is 8.71. The first-order valence-corrected chi connectivity index (χ1v) is 7.13. The van der Waals surface area contributed by atoms with Gasteiger partial charge in [-0.05, 0) is 31.5 Å². The third kappa shape index (κ3) is 3.89. The number of benzene rings is 1. The first-order valence-electron chi connectivity index (χ1n) is 6.75. The van der Waals surface area contributed by atoms with Gasteiger partial charge in [0, 0.05) is 11.6 Å². The fourth-order valence-corrected chi connectivity index (χ4v) is 2.04. The summed E-state index contributed by atoms with van der Waals surface area (Å²) in [4.78, 5) is 23.8. The van der Waals surface area contributed by atoms with Crippen LogP contribution in [0.25, 0.3) is 0 Å². The second-order valence-electron chi connectivity index (χ2n) is 4.75. The molecule has 0 aliphatic rings. The van der Waals surface area contributed by atoms with Crippen LogP contribution in [0.15, 0.2) is 41.0 Å². The van der Waals surface area contributed by atoms with Gasteiger partial charge in [-0.1, -0.05) is 29.8 Å². The van der Waals surface area contributed by atoms with Crippen LogP contribution in [0.2, 0.25) is 5.02 Å². The maximum atomic E-state index is 12.0. The van der Waals surface area contributed by atoms with E-state index in [0.29, 0.717) is 16.3 Å². The number of carbonyl (C=O) groups is 2. The molecule has 2 rings (SSSR count). The summed E-state index contributed by atoms with van der Waals surface area (Å²) in [5, 5.41) is 3.25. The highest BCUT2D eigenvalue weighted by molar-refractivity contribution is 6.31. The molecule has 1 N–H and O–H groups in total. The number of nitrogens with one attached hydrogen (secondary N) is 1. The van der Waals surface area contributed by atoms with Crippen LogP contribution >= 0.6 is 11.6 Å². The van der Waals surface area contributed by atoms with Gasteiger partial charge in [-0.15, -0.1) is 0 Å². The molecule has 116 valence electrons. The Morgan fingerprint density at radius 1 is 1.32 bits per heavy atom. The second-order valence-corrected chi connectivity index (χ2v) is 5.15. The van der Waals surface area contributed by atoms with Gasteiger partial charge in [0.15, 0.2) is 6.10 Å². The Morgan fingerprint density at radius 2 is 2.05 bits per heavy atom. The lowest BCUT2D eigenvalue weighted by atomic mass is 10.2. The molecule has 0 aliphatic heterocycles. The Hall–Kier alpha value is -2.27. The van der Waals surface area contributed by atoms with Gasteiger partial charge in [-0.2, -0.15) is 0 Å². The molecule has 2 aromatic rings. The van der Waals surface area contributed by atoms with Gasteiger partial charge in [0.2, 0.25) is 0 Å². The SMILES string of the molecule is Cc1occc1C(=O)O[C@H](C)C(=O)NCc1ccccc1Cl. The molecule has 1 aromatic carbocycles. The predicted octanol–water partition coefficient (Wildman–Crippen LogP) is 3.10. The molecule has 0 fully saturated rings. The van der Waals surface area contributed by atoms with Crippen LogP contribution in [0, 0.1) is 6.92 Å². The number of esters is 1. The van der Waals surface area contributed by atoms with E-state index in [-0.39, 0.29) is 6.54 Å². The molecular formula is C16H16ClNO4. The number of hydrogen-bond acceptors (Lipinski definition) is 4. The van der Waals surface area contributed by atoms with Crippen molar-refractivity contribution in [3.63, 3.8) is 0 Å². The molecule has 0 aliphatic carbocycles. The standard InChI is InChI=1S/C16H16ClNO4/c1-10-13(7-8-21-10)16(20)22-11(2)15(19)18-9-12-5-3-4-6-14(12)17/h3-8,11H,9H2,1-2H3,(H,18,19)/t11-/m1/s1. The molecule has 0 saturated heterocycles. The molecule has 1 aromatic heterocycles. The predicted molar refractivity (Wildman–Crippen MR) is 81.6 cm³/mol. The fraction of sp³-hybridized carbons (Fsp3) is 0.250. The largest absolute Gasteiger partial charge is 0.469 e. The van der Waals surface area contributed by atoms with E-state index in [0.717, 1.165) is 5.56 Å². The van der Waals surface area contributed by atoms with Crippen molar-refractivity contribution >= 4 is 23.5 Å². The summed E-state index contributed by atoms with van der Waals surface area (Å²) in [5.74, 6) is -0.533. The number of carbonyl (C=O) groups excluding carboxylic acids is 2. The zero-order valence-corrected chi connectivity index (χ0v) is 13.0. The molecule has 6 heteroatoms. The Labute approximate surface area is 133 Å². The first kappa shape index (κ1) is 16.1. The summed E-state index contributed by atoms with van der Waals surface area (Å²) in [5.41, 5.74) is 1.10. The monoisotopic (exact) mass is 321 g/mol. The van der Waals surface area contributed by atoms with Crippen molar-refractivity contribution in [3.05, 3.63) is 58.5 Å². The summed E-state index contributed by atoms with van der Waals surface area (Å²) in [6.07, 6.45) is 0.484. The molecule has 0 radical (unpaired) electrons. The third-order valence-corrected chi connectivity index (χ3v) is 3.51. The van der Waals surface area contributed by atoms with Gasteiger partial charge in [0.1, 0.15) is 11.3 Å². The van der Waals surface area contributed by atoms with Crippen LogP contribution in [0.1, 0.15) is 28.6 Å². The minimum Gasteiger partial charge on any atom is -0.469 e. The topological polar surface area (TPSA) is 68.5 Å². The van der Waals surface area contributed by atoms with Crippen molar-refractivity contribution < 1.29 is 18.7 Å². The second kappa shape index (κ2) is 7.13. The van der Waals surface area contributed by atoms with Crippen LogP contribution in [0.3, 0.4) is 0 Å². The highest BCUT2D eigenvalue weighted by atomic mass is 35.5. The lowest BCUT2D eigenvalue weighted by molar-refractivity contribution is -0.129. The van der Waals surface area contributed by atoms with Crippen molar-refractivity contribution in [3.8, 4) is 0 Å².